The van der Waals surface area contributed by atoms with Crippen LogP contribution < -0.4 is 20.3 Å². The maximum Gasteiger partial charge on any atom is 0.315 e. The third-order valence-electron chi connectivity index (χ3n) is 4.21. The number of carbonyl (C=O) groups excluding carboxylic acids is 2. The number of carbonyl (C=O) groups is 2. The SMILES string of the molecule is COc1ccc(N2CC(NC(=O)NCc3ccc(F)cc3)CC2=O)cc1. The molecule has 6 nitrogen and oxygen atoms in total. The molecule has 136 valence electrons. The number of halogens is 1. The van der Waals surface area contributed by atoms with E-state index in [-0.39, 0.29) is 36.8 Å². The molecule has 2 N–H and O–H groups in total. The average Bonchev–Trinajstić information content (AvgIpc) is 3.01. The van der Waals surface area contributed by atoms with E-state index in [0.717, 1.165) is 17.0 Å². The zero-order chi connectivity index (χ0) is 18.5. The quantitative estimate of drug-likeness (QED) is 0.863. The van der Waals surface area contributed by atoms with E-state index in [2.05, 4.69) is 10.6 Å². The number of nitrogens with one attached hydrogen (secondary N) is 2. The van der Waals surface area contributed by atoms with Crippen LogP contribution in [0.25, 0.3) is 0 Å². The predicted octanol–water partition coefficient (Wildman–Crippen LogP) is 2.44. The van der Waals surface area contributed by atoms with Gasteiger partial charge in [-0.2, -0.15) is 0 Å². The molecule has 0 spiro atoms. The van der Waals surface area contributed by atoms with Crippen LogP contribution in [0.4, 0.5) is 14.9 Å². The third kappa shape index (κ3) is 4.30. The number of urea groups is 1. The Kier molecular flexibility index (Phi) is 5.36. The van der Waals surface area contributed by atoms with E-state index in [4.69, 9.17) is 4.74 Å². The fourth-order valence-electron chi connectivity index (χ4n) is 2.84. The zero-order valence-electron chi connectivity index (χ0n) is 14.4. The highest BCUT2D eigenvalue weighted by Crippen LogP contribution is 2.24. The van der Waals surface area contributed by atoms with Gasteiger partial charge in [-0.25, -0.2) is 9.18 Å². The van der Waals surface area contributed by atoms with Crippen molar-refractivity contribution in [3.63, 3.8) is 0 Å². The average molecular weight is 357 g/mol. The Morgan fingerprint density at radius 2 is 1.88 bits per heavy atom. The van der Waals surface area contributed by atoms with Crippen LogP contribution in [-0.2, 0) is 11.3 Å². The normalized spacial score (nSPS) is 16.5. The van der Waals surface area contributed by atoms with Crippen LogP contribution in [0.5, 0.6) is 5.75 Å². The Balaban J connectivity index is 1.51. The molecule has 1 unspecified atom stereocenters. The molecule has 0 bridgehead atoms. The highest BCUT2D eigenvalue weighted by Gasteiger charge is 2.31. The van der Waals surface area contributed by atoms with Crippen LogP contribution in [0.2, 0.25) is 0 Å². The van der Waals surface area contributed by atoms with Gasteiger partial charge in [0.2, 0.25) is 5.91 Å². The first kappa shape index (κ1) is 17.7. The van der Waals surface area contributed by atoms with Gasteiger partial charge in [-0.05, 0) is 42.0 Å². The number of anilines is 1. The lowest BCUT2D eigenvalue weighted by atomic mass is 10.2. The van der Waals surface area contributed by atoms with Crippen molar-refractivity contribution in [3.05, 3.63) is 59.9 Å². The first-order valence-corrected chi connectivity index (χ1v) is 8.28. The molecule has 0 aliphatic carbocycles. The van der Waals surface area contributed by atoms with Crippen LogP contribution in [0.3, 0.4) is 0 Å². The molecule has 2 aromatic rings. The second-order valence-electron chi connectivity index (χ2n) is 6.06. The standard InChI is InChI=1S/C19H20FN3O3/c1-26-17-8-6-16(7-9-17)23-12-15(10-18(23)24)22-19(25)21-11-13-2-4-14(20)5-3-13/h2-9,15H,10-12H2,1H3,(H2,21,22,25). The molecule has 26 heavy (non-hydrogen) atoms. The highest BCUT2D eigenvalue weighted by atomic mass is 19.1. The highest BCUT2D eigenvalue weighted by molar-refractivity contribution is 5.96. The molecule has 0 aromatic heterocycles. The van der Waals surface area contributed by atoms with Crippen molar-refractivity contribution in [3.8, 4) is 5.75 Å². The molecule has 1 fully saturated rings. The van der Waals surface area contributed by atoms with Gasteiger partial charge < -0.3 is 20.3 Å². The molecule has 1 atom stereocenters. The molecule has 7 heteroatoms. The fourth-order valence-corrected chi connectivity index (χ4v) is 2.84. The van der Waals surface area contributed by atoms with Crippen molar-refractivity contribution in [2.45, 2.75) is 19.0 Å². The summed E-state index contributed by atoms with van der Waals surface area (Å²) >= 11 is 0. The maximum atomic E-state index is 12.9. The molecule has 1 saturated heterocycles. The number of amides is 3. The maximum absolute atomic E-state index is 12.9. The molecule has 2 aromatic carbocycles. The van der Waals surface area contributed by atoms with Gasteiger partial charge in [-0.15, -0.1) is 0 Å². The summed E-state index contributed by atoms with van der Waals surface area (Å²) in [6.45, 7) is 0.699. The van der Waals surface area contributed by atoms with E-state index >= 15 is 0 Å². The van der Waals surface area contributed by atoms with E-state index in [1.807, 2.05) is 12.1 Å². The number of ether oxygens (including phenoxy) is 1. The van der Waals surface area contributed by atoms with Gasteiger partial charge in [0, 0.05) is 25.2 Å². The van der Waals surface area contributed by atoms with Gasteiger partial charge in [-0.3, -0.25) is 4.79 Å². The topological polar surface area (TPSA) is 70.7 Å². The first-order valence-electron chi connectivity index (χ1n) is 8.28. The predicted molar refractivity (Wildman–Crippen MR) is 95.5 cm³/mol. The minimum Gasteiger partial charge on any atom is -0.497 e. The Labute approximate surface area is 150 Å². The van der Waals surface area contributed by atoms with Crippen LogP contribution in [0.15, 0.2) is 48.5 Å². The van der Waals surface area contributed by atoms with Gasteiger partial charge in [0.25, 0.3) is 0 Å². The van der Waals surface area contributed by atoms with Crippen molar-refractivity contribution in [2.24, 2.45) is 0 Å². The van der Waals surface area contributed by atoms with Crippen LogP contribution in [0, 0.1) is 5.82 Å². The summed E-state index contributed by atoms with van der Waals surface area (Å²) in [7, 11) is 1.58. The molecule has 1 aliphatic rings. The fraction of sp³-hybridized carbons (Fsp3) is 0.263. The van der Waals surface area contributed by atoms with Crippen LogP contribution >= 0.6 is 0 Å². The lowest BCUT2D eigenvalue weighted by Crippen LogP contribution is -2.43. The van der Waals surface area contributed by atoms with Crippen molar-refractivity contribution in [1.82, 2.24) is 10.6 Å². The Morgan fingerprint density at radius 3 is 2.54 bits per heavy atom. The van der Waals surface area contributed by atoms with Crippen molar-refractivity contribution in [2.75, 3.05) is 18.6 Å². The Morgan fingerprint density at radius 1 is 1.19 bits per heavy atom. The lowest BCUT2D eigenvalue weighted by Gasteiger charge is -2.17. The second-order valence-corrected chi connectivity index (χ2v) is 6.06. The van der Waals surface area contributed by atoms with E-state index in [9.17, 15) is 14.0 Å². The van der Waals surface area contributed by atoms with Gasteiger partial charge in [-0.1, -0.05) is 12.1 Å². The van der Waals surface area contributed by atoms with E-state index in [1.165, 1.54) is 12.1 Å². The summed E-state index contributed by atoms with van der Waals surface area (Å²) in [4.78, 5) is 25.9. The third-order valence-corrected chi connectivity index (χ3v) is 4.21. The number of methoxy groups -OCH3 is 1. The molecule has 3 amide bonds. The lowest BCUT2D eigenvalue weighted by molar-refractivity contribution is -0.117. The molecular formula is C19H20FN3O3. The number of nitrogens with zero attached hydrogens (tertiary/aromatic N) is 1. The summed E-state index contributed by atoms with van der Waals surface area (Å²) in [5, 5.41) is 5.51. The second kappa shape index (κ2) is 7.86. The van der Waals surface area contributed by atoms with Gasteiger partial charge in [0.1, 0.15) is 11.6 Å². The number of hydrogen-bond acceptors (Lipinski definition) is 3. The van der Waals surface area contributed by atoms with Crippen molar-refractivity contribution < 1.29 is 18.7 Å². The summed E-state index contributed by atoms with van der Waals surface area (Å²) in [6.07, 6.45) is 0.246. The monoisotopic (exact) mass is 357 g/mol. The zero-order valence-corrected chi connectivity index (χ0v) is 14.4. The minimum atomic E-state index is -0.358. The number of hydrogen-bond donors (Lipinski definition) is 2. The summed E-state index contributed by atoms with van der Waals surface area (Å²) in [6, 6.07) is 12.5. The summed E-state index contributed by atoms with van der Waals surface area (Å²) in [5.41, 5.74) is 1.57. The van der Waals surface area contributed by atoms with Gasteiger partial charge in [0.05, 0.1) is 13.2 Å². The number of rotatable bonds is 5. The molecule has 1 heterocycles. The van der Waals surface area contributed by atoms with Crippen molar-refractivity contribution in [1.29, 1.82) is 0 Å². The summed E-state index contributed by atoms with van der Waals surface area (Å²) in [5.74, 6) is 0.357. The van der Waals surface area contributed by atoms with Crippen LogP contribution in [0.1, 0.15) is 12.0 Å². The van der Waals surface area contributed by atoms with Gasteiger partial charge in [0.15, 0.2) is 0 Å². The molecular weight excluding hydrogens is 337 g/mol. The smallest absolute Gasteiger partial charge is 0.315 e. The first-order chi connectivity index (χ1) is 12.5. The molecule has 0 radical (unpaired) electrons. The molecule has 1 aliphatic heterocycles. The Bertz CT molecular complexity index is 778. The molecule has 3 rings (SSSR count). The molecule has 0 saturated carbocycles. The van der Waals surface area contributed by atoms with Crippen LogP contribution in [-0.4, -0.2) is 31.6 Å². The van der Waals surface area contributed by atoms with Gasteiger partial charge >= 0.3 is 6.03 Å². The summed E-state index contributed by atoms with van der Waals surface area (Å²) < 4.78 is 18.0. The largest absolute Gasteiger partial charge is 0.497 e. The Hall–Kier alpha value is -3.09. The minimum absolute atomic E-state index is 0.0426. The number of benzene rings is 2. The van der Waals surface area contributed by atoms with Crippen molar-refractivity contribution >= 4 is 17.6 Å². The van der Waals surface area contributed by atoms with E-state index in [1.54, 1.807) is 36.3 Å². The van der Waals surface area contributed by atoms with E-state index < -0.39 is 0 Å². The van der Waals surface area contributed by atoms with E-state index in [0.29, 0.717) is 6.54 Å².